The molecule has 0 heterocycles. The van der Waals surface area contributed by atoms with Gasteiger partial charge in [0.15, 0.2) is 6.61 Å². The van der Waals surface area contributed by atoms with Crippen molar-refractivity contribution in [2.45, 2.75) is 0 Å². The fourth-order valence-electron chi connectivity index (χ4n) is 2.61. The van der Waals surface area contributed by atoms with Crippen molar-refractivity contribution < 1.29 is 14.3 Å². The molecule has 0 aliphatic rings. The molecule has 0 aromatic heterocycles. The number of hydrogen-bond acceptors (Lipinski definition) is 4. The molecule has 0 atom stereocenters. The Kier molecular flexibility index (Phi) is 7.41. The Morgan fingerprint density at radius 3 is 2.32 bits per heavy atom. The Balaban J connectivity index is 1.57. The van der Waals surface area contributed by atoms with E-state index in [1.807, 2.05) is 24.3 Å². The summed E-state index contributed by atoms with van der Waals surface area (Å²) < 4.78 is 5.47. The number of para-hydroxylation sites is 1. The first-order valence-corrected chi connectivity index (χ1v) is 9.68. The zero-order chi connectivity index (χ0) is 22.1. The molecule has 7 heteroatoms. The summed E-state index contributed by atoms with van der Waals surface area (Å²) in [6.07, 6.45) is 1.46. The van der Waals surface area contributed by atoms with Crippen molar-refractivity contribution in [3.8, 4) is 11.8 Å². The average Bonchev–Trinajstić information content (AvgIpc) is 2.77. The van der Waals surface area contributed by atoms with Crippen LogP contribution in [0.2, 0.25) is 5.02 Å². The van der Waals surface area contributed by atoms with Crippen molar-refractivity contribution in [1.29, 1.82) is 5.26 Å². The number of rotatable bonds is 7. The van der Waals surface area contributed by atoms with Crippen LogP contribution in [-0.2, 0) is 9.59 Å². The van der Waals surface area contributed by atoms with Gasteiger partial charge in [-0.05, 0) is 54.1 Å². The zero-order valence-electron chi connectivity index (χ0n) is 16.3. The monoisotopic (exact) mass is 431 g/mol. The van der Waals surface area contributed by atoms with E-state index in [1.165, 1.54) is 6.08 Å². The van der Waals surface area contributed by atoms with Gasteiger partial charge in [0.25, 0.3) is 11.8 Å². The standard InChI is InChI=1S/C24H18ClN3O3/c25-19-5-4-8-21(14-19)28-24(30)18(15-26)13-17-9-11-22(12-10-17)31-16-23(29)27-20-6-2-1-3-7-20/h1-14H,16H2,(H,27,29)(H,28,30)/b18-13+. The maximum Gasteiger partial charge on any atom is 0.266 e. The Morgan fingerprint density at radius 2 is 1.65 bits per heavy atom. The van der Waals surface area contributed by atoms with Crippen molar-refractivity contribution in [3.05, 3.63) is 95.0 Å². The van der Waals surface area contributed by atoms with E-state index in [0.717, 1.165) is 0 Å². The molecule has 0 bridgehead atoms. The molecule has 154 valence electrons. The van der Waals surface area contributed by atoms with Crippen LogP contribution in [0.25, 0.3) is 6.08 Å². The first kappa shape index (κ1) is 21.6. The van der Waals surface area contributed by atoms with Crippen LogP contribution in [0, 0.1) is 11.3 Å². The summed E-state index contributed by atoms with van der Waals surface area (Å²) in [4.78, 5) is 24.3. The maximum atomic E-state index is 12.3. The minimum atomic E-state index is -0.539. The molecular weight excluding hydrogens is 414 g/mol. The highest BCUT2D eigenvalue weighted by molar-refractivity contribution is 6.31. The number of amides is 2. The molecule has 0 aliphatic carbocycles. The van der Waals surface area contributed by atoms with Crippen LogP contribution in [0.15, 0.2) is 84.4 Å². The van der Waals surface area contributed by atoms with Crippen molar-refractivity contribution in [2.24, 2.45) is 0 Å². The molecular formula is C24H18ClN3O3. The highest BCUT2D eigenvalue weighted by Gasteiger charge is 2.10. The lowest BCUT2D eigenvalue weighted by molar-refractivity contribution is -0.118. The van der Waals surface area contributed by atoms with E-state index >= 15 is 0 Å². The van der Waals surface area contributed by atoms with Crippen LogP contribution in [-0.4, -0.2) is 18.4 Å². The summed E-state index contributed by atoms with van der Waals surface area (Å²) in [7, 11) is 0. The fourth-order valence-corrected chi connectivity index (χ4v) is 2.80. The van der Waals surface area contributed by atoms with Gasteiger partial charge in [0.2, 0.25) is 0 Å². The number of carbonyl (C=O) groups is 2. The number of halogens is 1. The van der Waals surface area contributed by atoms with Crippen molar-refractivity contribution in [1.82, 2.24) is 0 Å². The number of nitriles is 1. The first-order valence-electron chi connectivity index (χ1n) is 9.30. The predicted molar refractivity (Wildman–Crippen MR) is 121 cm³/mol. The molecule has 6 nitrogen and oxygen atoms in total. The second-order valence-corrected chi connectivity index (χ2v) is 6.84. The number of benzene rings is 3. The Morgan fingerprint density at radius 1 is 0.935 bits per heavy atom. The molecule has 2 amide bonds. The van der Waals surface area contributed by atoms with Crippen molar-refractivity contribution in [2.75, 3.05) is 17.2 Å². The van der Waals surface area contributed by atoms with Crippen LogP contribution in [0.3, 0.4) is 0 Å². The van der Waals surface area contributed by atoms with E-state index < -0.39 is 5.91 Å². The van der Waals surface area contributed by atoms with Crippen LogP contribution >= 0.6 is 11.6 Å². The molecule has 0 unspecified atom stereocenters. The molecule has 2 N–H and O–H groups in total. The summed E-state index contributed by atoms with van der Waals surface area (Å²) in [5.74, 6) is -0.329. The normalized spacial score (nSPS) is 10.6. The summed E-state index contributed by atoms with van der Waals surface area (Å²) in [5, 5.41) is 15.2. The van der Waals surface area contributed by atoms with E-state index in [9.17, 15) is 14.9 Å². The van der Waals surface area contributed by atoms with Gasteiger partial charge < -0.3 is 15.4 Å². The topological polar surface area (TPSA) is 91.2 Å². The van der Waals surface area contributed by atoms with E-state index in [1.54, 1.807) is 60.7 Å². The second kappa shape index (κ2) is 10.6. The zero-order valence-corrected chi connectivity index (χ0v) is 17.1. The van der Waals surface area contributed by atoms with Crippen LogP contribution < -0.4 is 15.4 Å². The van der Waals surface area contributed by atoms with E-state index in [4.69, 9.17) is 16.3 Å². The van der Waals surface area contributed by atoms with Gasteiger partial charge in [-0.3, -0.25) is 9.59 Å². The SMILES string of the molecule is N#C/C(=C\c1ccc(OCC(=O)Nc2ccccc2)cc1)C(=O)Nc1cccc(Cl)c1. The Bertz CT molecular complexity index is 1140. The quantitative estimate of drug-likeness (QED) is 0.411. The van der Waals surface area contributed by atoms with Gasteiger partial charge in [-0.1, -0.05) is 48.0 Å². The summed E-state index contributed by atoms with van der Waals surface area (Å²) in [6.45, 7) is -0.143. The van der Waals surface area contributed by atoms with Crippen molar-refractivity contribution in [3.63, 3.8) is 0 Å². The molecule has 0 spiro atoms. The maximum absolute atomic E-state index is 12.3. The van der Waals surface area contributed by atoms with Crippen LogP contribution in [0.4, 0.5) is 11.4 Å². The first-order chi connectivity index (χ1) is 15.0. The van der Waals surface area contributed by atoms with Gasteiger partial charge >= 0.3 is 0 Å². The van der Waals surface area contributed by atoms with E-state index in [-0.39, 0.29) is 18.1 Å². The number of hydrogen-bond donors (Lipinski definition) is 2. The lowest BCUT2D eigenvalue weighted by atomic mass is 10.1. The molecule has 0 radical (unpaired) electrons. The van der Waals surface area contributed by atoms with Gasteiger partial charge in [0.1, 0.15) is 17.4 Å². The minimum absolute atomic E-state index is 0.0594. The number of nitrogens with zero attached hydrogens (tertiary/aromatic N) is 1. The Labute approximate surface area is 184 Å². The molecule has 0 saturated heterocycles. The third-order valence-corrected chi connectivity index (χ3v) is 4.30. The molecule has 0 saturated carbocycles. The predicted octanol–water partition coefficient (Wildman–Crippen LogP) is 4.90. The lowest BCUT2D eigenvalue weighted by Crippen LogP contribution is -2.20. The number of carbonyl (C=O) groups excluding carboxylic acids is 2. The summed E-state index contributed by atoms with van der Waals surface area (Å²) in [5.41, 5.74) is 1.77. The van der Waals surface area contributed by atoms with E-state index in [0.29, 0.717) is 27.7 Å². The lowest BCUT2D eigenvalue weighted by Gasteiger charge is -2.08. The van der Waals surface area contributed by atoms with E-state index in [2.05, 4.69) is 10.6 Å². The molecule has 3 aromatic carbocycles. The molecule has 31 heavy (non-hydrogen) atoms. The fraction of sp³-hybridized carbons (Fsp3) is 0.0417. The number of anilines is 2. The summed E-state index contributed by atoms with van der Waals surface area (Å²) in [6, 6.07) is 24.3. The number of nitrogens with one attached hydrogen (secondary N) is 2. The number of ether oxygens (including phenoxy) is 1. The summed E-state index contributed by atoms with van der Waals surface area (Å²) >= 11 is 5.90. The van der Waals surface area contributed by atoms with Gasteiger partial charge in [-0.2, -0.15) is 5.26 Å². The molecule has 0 fully saturated rings. The average molecular weight is 432 g/mol. The second-order valence-electron chi connectivity index (χ2n) is 6.41. The highest BCUT2D eigenvalue weighted by Crippen LogP contribution is 2.18. The smallest absolute Gasteiger partial charge is 0.266 e. The van der Waals surface area contributed by atoms with Gasteiger partial charge in [-0.15, -0.1) is 0 Å². The van der Waals surface area contributed by atoms with Crippen molar-refractivity contribution >= 4 is 40.9 Å². The molecule has 3 rings (SSSR count). The third kappa shape index (κ3) is 6.74. The highest BCUT2D eigenvalue weighted by atomic mass is 35.5. The third-order valence-electron chi connectivity index (χ3n) is 4.07. The van der Waals surface area contributed by atoms with Gasteiger partial charge in [-0.25, -0.2) is 0 Å². The largest absolute Gasteiger partial charge is 0.484 e. The van der Waals surface area contributed by atoms with Gasteiger partial charge in [0, 0.05) is 16.4 Å². The Hall–Kier alpha value is -4.08. The molecule has 3 aromatic rings. The molecule has 0 aliphatic heterocycles. The minimum Gasteiger partial charge on any atom is -0.484 e. The van der Waals surface area contributed by atoms with Crippen LogP contribution in [0.5, 0.6) is 5.75 Å². The van der Waals surface area contributed by atoms with Gasteiger partial charge in [0.05, 0.1) is 0 Å². The van der Waals surface area contributed by atoms with Crippen LogP contribution in [0.1, 0.15) is 5.56 Å².